The summed E-state index contributed by atoms with van der Waals surface area (Å²) in [5, 5.41) is 10.2. The van der Waals surface area contributed by atoms with Crippen LogP contribution in [0.15, 0.2) is 53.7 Å². The molecule has 3 heterocycles. The lowest BCUT2D eigenvalue weighted by Gasteiger charge is -2.31. The number of aromatic nitrogens is 4. The minimum atomic E-state index is -0.297. The van der Waals surface area contributed by atoms with Crippen molar-refractivity contribution >= 4 is 45.4 Å². The molecule has 7 heteroatoms. The van der Waals surface area contributed by atoms with E-state index in [1.807, 2.05) is 42.2 Å². The van der Waals surface area contributed by atoms with Crippen molar-refractivity contribution in [1.82, 2.24) is 19.7 Å². The van der Waals surface area contributed by atoms with Crippen molar-refractivity contribution in [3.63, 3.8) is 0 Å². The van der Waals surface area contributed by atoms with Gasteiger partial charge in [-0.15, -0.1) is 10.2 Å². The highest BCUT2D eigenvalue weighted by atomic mass is 32.2. The second kappa shape index (κ2) is 8.30. The lowest BCUT2D eigenvalue weighted by Crippen LogP contribution is -2.40. The highest BCUT2D eigenvalue weighted by Gasteiger charge is 2.27. The minimum Gasteiger partial charge on any atom is -0.324 e. The van der Waals surface area contributed by atoms with Gasteiger partial charge >= 0.3 is 0 Å². The van der Waals surface area contributed by atoms with Gasteiger partial charge < -0.3 is 9.47 Å². The molecule has 0 fully saturated rings. The molecule has 1 atom stereocenters. The Hall–Kier alpha value is -2.93. The van der Waals surface area contributed by atoms with E-state index in [-0.39, 0.29) is 11.2 Å². The quantitative estimate of drug-likeness (QED) is 0.423. The Bertz CT molecular complexity index is 1270. The molecular formula is C24H25N5OS. The van der Waals surface area contributed by atoms with E-state index in [1.54, 1.807) is 0 Å². The molecule has 1 amide bonds. The molecule has 6 nitrogen and oxygen atoms in total. The predicted octanol–water partition coefficient (Wildman–Crippen LogP) is 4.85. The van der Waals surface area contributed by atoms with Crippen molar-refractivity contribution in [1.29, 1.82) is 0 Å². The van der Waals surface area contributed by atoms with Crippen molar-refractivity contribution in [3.05, 3.63) is 54.1 Å². The standard InChI is InChI=1S/C24H25N5OS/c1-3-14-28-20-13-7-5-11-18(20)21-22(28)25-24(27-26-21)31-16(2)23(30)29-15-8-10-17-9-4-6-12-19(17)29/h4-7,9,11-13,16H,3,8,10,14-15H2,1-2H3. The number of carbonyl (C=O) groups excluding carboxylic acids is 1. The maximum absolute atomic E-state index is 13.3. The van der Waals surface area contributed by atoms with E-state index in [1.165, 1.54) is 17.3 Å². The summed E-state index contributed by atoms with van der Waals surface area (Å²) in [5.41, 5.74) is 5.05. The molecule has 31 heavy (non-hydrogen) atoms. The largest absolute Gasteiger partial charge is 0.324 e. The van der Waals surface area contributed by atoms with Gasteiger partial charge in [0.25, 0.3) is 0 Å². The Kier molecular flexibility index (Phi) is 5.36. The molecule has 0 saturated carbocycles. The molecule has 2 aromatic heterocycles. The summed E-state index contributed by atoms with van der Waals surface area (Å²) in [6.45, 7) is 5.71. The number of aryl methyl sites for hydroxylation is 2. The van der Waals surface area contributed by atoms with E-state index in [4.69, 9.17) is 4.98 Å². The van der Waals surface area contributed by atoms with Crippen molar-refractivity contribution in [2.75, 3.05) is 11.4 Å². The highest BCUT2D eigenvalue weighted by Crippen LogP contribution is 2.31. The number of nitrogens with zero attached hydrogens (tertiary/aromatic N) is 5. The molecule has 5 rings (SSSR count). The number of benzene rings is 2. The average molecular weight is 432 g/mol. The third-order valence-electron chi connectivity index (χ3n) is 5.81. The summed E-state index contributed by atoms with van der Waals surface area (Å²) in [6, 6.07) is 16.4. The molecular weight excluding hydrogens is 406 g/mol. The fourth-order valence-corrected chi connectivity index (χ4v) is 5.15. The molecule has 0 radical (unpaired) electrons. The number of carbonyl (C=O) groups is 1. The van der Waals surface area contributed by atoms with E-state index in [2.05, 4.69) is 39.9 Å². The molecule has 2 aromatic carbocycles. The van der Waals surface area contributed by atoms with Crippen LogP contribution in [0.3, 0.4) is 0 Å². The number of para-hydroxylation sites is 2. The Morgan fingerprint density at radius 3 is 2.81 bits per heavy atom. The van der Waals surface area contributed by atoms with Crippen LogP contribution in [0.2, 0.25) is 0 Å². The van der Waals surface area contributed by atoms with E-state index >= 15 is 0 Å². The average Bonchev–Trinajstić information content (AvgIpc) is 3.11. The fourth-order valence-electron chi connectivity index (χ4n) is 4.38. The zero-order valence-electron chi connectivity index (χ0n) is 17.8. The molecule has 0 aliphatic carbocycles. The molecule has 0 N–H and O–H groups in total. The fraction of sp³-hybridized carbons (Fsp3) is 0.333. The van der Waals surface area contributed by atoms with Crippen LogP contribution in [0, 0.1) is 0 Å². The Morgan fingerprint density at radius 1 is 1.13 bits per heavy atom. The summed E-state index contributed by atoms with van der Waals surface area (Å²) in [7, 11) is 0. The van der Waals surface area contributed by atoms with Gasteiger partial charge in [-0.25, -0.2) is 4.98 Å². The number of fused-ring (bicyclic) bond motifs is 4. The number of rotatable bonds is 5. The van der Waals surface area contributed by atoms with Gasteiger partial charge in [-0.05, 0) is 43.9 Å². The van der Waals surface area contributed by atoms with Crippen LogP contribution in [-0.4, -0.2) is 37.5 Å². The van der Waals surface area contributed by atoms with Gasteiger partial charge in [0, 0.05) is 24.2 Å². The maximum atomic E-state index is 13.3. The molecule has 1 aliphatic rings. The first-order chi connectivity index (χ1) is 15.2. The monoisotopic (exact) mass is 431 g/mol. The van der Waals surface area contributed by atoms with E-state index in [0.717, 1.165) is 60.1 Å². The molecule has 0 saturated heterocycles. The SMILES string of the molecule is CCCn1c2ccccc2c2nnc(SC(C)C(=O)N3CCCc4ccccc43)nc21. The number of hydrogen-bond acceptors (Lipinski definition) is 5. The van der Waals surface area contributed by atoms with Crippen molar-refractivity contribution in [2.45, 2.75) is 50.1 Å². The van der Waals surface area contributed by atoms with E-state index in [9.17, 15) is 4.79 Å². The molecule has 4 aromatic rings. The van der Waals surface area contributed by atoms with Gasteiger partial charge in [-0.2, -0.15) is 0 Å². The number of amides is 1. The van der Waals surface area contributed by atoms with Crippen molar-refractivity contribution in [3.8, 4) is 0 Å². The summed E-state index contributed by atoms with van der Waals surface area (Å²) in [5.74, 6) is 0.0925. The van der Waals surface area contributed by atoms with Crippen LogP contribution < -0.4 is 4.90 Å². The highest BCUT2D eigenvalue weighted by molar-refractivity contribution is 8.00. The number of thioether (sulfide) groups is 1. The molecule has 158 valence electrons. The summed E-state index contributed by atoms with van der Waals surface area (Å²) in [6.07, 6.45) is 3.01. The second-order valence-corrected chi connectivity index (χ2v) is 9.23. The first-order valence-electron chi connectivity index (χ1n) is 10.8. The zero-order valence-corrected chi connectivity index (χ0v) is 18.6. The first kappa shape index (κ1) is 20.0. The molecule has 1 aliphatic heterocycles. The van der Waals surface area contributed by atoms with E-state index < -0.39 is 0 Å². The topological polar surface area (TPSA) is 63.9 Å². The first-order valence-corrected chi connectivity index (χ1v) is 11.7. The van der Waals surface area contributed by atoms with Gasteiger partial charge in [-0.3, -0.25) is 4.79 Å². The third kappa shape index (κ3) is 3.57. The van der Waals surface area contributed by atoms with Gasteiger partial charge in [0.05, 0.1) is 10.8 Å². The lowest BCUT2D eigenvalue weighted by atomic mass is 10.0. The normalized spacial score (nSPS) is 14.7. The Balaban J connectivity index is 1.45. The Morgan fingerprint density at radius 2 is 1.94 bits per heavy atom. The zero-order chi connectivity index (χ0) is 21.4. The van der Waals surface area contributed by atoms with Crippen molar-refractivity contribution < 1.29 is 4.79 Å². The summed E-state index contributed by atoms with van der Waals surface area (Å²) in [4.78, 5) is 20.0. The lowest BCUT2D eigenvalue weighted by molar-refractivity contribution is -0.117. The van der Waals surface area contributed by atoms with Crippen LogP contribution in [0.1, 0.15) is 32.3 Å². The smallest absolute Gasteiger partial charge is 0.240 e. The van der Waals surface area contributed by atoms with Gasteiger partial charge in [0.15, 0.2) is 5.65 Å². The van der Waals surface area contributed by atoms with E-state index in [0.29, 0.717) is 5.16 Å². The maximum Gasteiger partial charge on any atom is 0.240 e. The summed E-state index contributed by atoms with van der Waals surface area (Å²) >= 11 is 1.38. The minimum absolute atomic E-state index is 0.0925. The Labute approximate surface area is 185 Å². The number of anilines is 1. The molecule has 1 unspecified atom stereocenters. The molecule has 0 bridgehead atoms. The van der Waals surface area contributed by atoms with Crippen LogP contribution >= 0.6 is 11.8 Å². The third-order valence-corrected chi connectivity index (χ3v) is 6.75. The predicted molar refractivity (Wildman–Crippen MR) is 126 cm³/mol. The van der Waals surface area contributed by atoms with Crippen molar-refractivity contribution in [2.24, 2.45) is 0 Å². The van der Waals surface area contributed by atoms with Gasteiger partial charge in [-0.1, -0.05) is 55.1 Å². The second-order valence-electron chi connectivity index (χ2n) is 7.92. The molecule has 0 spiro atoms. The van der Waals surface area contributed by atoms with Crippen LogP contribution in [0.5, 0.6) is 0 Å². The van der Waals surface area contributed by atoms with Crippen LogP contribution in [0.4, 0.5) is 5.69 Å². The van der Waals surface area contributed by atoms with Gasteiger partial charge in [0.2, 0.25) is 11.1 Å². The summed E-state index contributed by atoms with van der Waals surface area (Å²) < 4.78 is 2.21. The number of hydrogen-bond donors (Lipinski definition) is 0. The van der Waals surface area contributed by atoms with Crippen LogP contribution in [-0.2, 0) is 17.8 Å². The van der Waals surface area contributed by atoms with Gasteiger partial charge in [0.1, 0.15) is 5.52 Å². The van der Waals surface area contributed by atoms with Crippen LogP contribution in [0.25, 0.3) is 22.1 Å².